The van der Waals surface area contributed by atoms with E-state index in [4.69, 9.17) is 20.4 Å². The number of hydrogen-bond acceptors (Lipinski definition) is 4. The first kappa shape index (κ1) is 18.1. The van der Waals surface area contributed by atoms with Crippen LogP contribution in [0.25, 0.3) is 11.0 Å². The van der Waals surface area contributed by atoms with Crippen LogP contribution in [0, 0.1) is 6.92 Å². The predicted molar refractivity (Wildman–Crippen MR) is 108 cm³/mol. The molecule has 0 spiro atoms. The second-order valence-corrected chi connectivity index (χ2v) is 6.80. The number of nitrogens with one attached hydrogen (secondary N) is 1. The van der Waals surface area contributed by atoms with Gasteiger partial charge in [0.15, 0.2) is 0 Å². The van der Waals surface area contributed by atoms with Crippen LogP contribution in [0.2, 0.25) is 5.02 Å². The zero-order valence-corrected chi connectivity index (χ0v) is 15.9. The Morgan fingerprint density at radius 3 is 2.79 bits per heavy atom. The summed E-state index contributed by atoms with van der Waals surface area (Å²) in [4.78, 5) is 17.4. The van der Waals surface area contributed by atoms with Crippen LogP contribution in [-0.4, -0.2) is 5.91 Å². The van der Waals surface area contributed by atoms with Crippen molar-refractivity contribution in [2.24, 2.45) is 4.99 Å². The summed E-state index contributed by atoms with van der Waals surface area (Å²) in [6.07, 6.45) is 1.56. The van der Waals surface area contributed by atoms with Gasteiger partial charge in [-0.2, -0.15) is 0 Å². The monoisotopic (exact) mass is 392 g/mol. The molecule has 0 fully saturated rings. The molecule has 2 aromatic heterocycles. The number of amides is 1. The largest absolute Gasteiger partial charge is 0.467 e. The number of nitrogens with zero attached hydrogens (tertiary/aromatic N) is 1. The molecule has 0 aliphatic rings. The Kier molecular flexibility index (Phi) is 5.00. The van der Waals surface area contributed by atoms with Crippen molar-refractivity contribution in [1.29, 1.82) is 0 Å². The maximum atomic E-state index is 12.8. The van der Waals surface area contributed by atoms with E-state index >= 15 is 0 Å². The molecule has 0 saturated carbocycles. The molecular weight excluding hydrogens is 376 g/mol. The summed E-state index contributed by atoms with van der Waals surface area (Å²) in [6.45, 7) is 2.25. The molecule has 5 nitrogen and oxygen atoms in total. The molecule has 0 aliphatic heterocycles. The lowest BCUT2D eigenvalue weighted by Crippen LogP contribution is -2.28. The first-order chi connectivity index (χ1) is 13.6. The Bertz CT molecular complexity index is 1210. The van der Waals surface area contributed by atoms with E-state index < -0.39 is 0 Å². The van der Waals surface area contributed by atoms with Crippen molar-refractivity contribution in [3.05, 3.63) is 94.4 Å². The highest BCUT2D eigenvalue weighted by Crippen LogP contribution is 2.20. The van der Waals surface area contributed by atoms with E-state index in [1.54, 1.807) is 42.7 Å². The van der Waals surface area contributed by atoms with E-state index in [1.807, 2.05) is 31.2 Å². The maximum absolute atomic E-state index is 12.8. The van der Waals surface area contributed by atoms with Crippen LogP contribution in [-0.2, 0) is 6.54 Å². The third kappa shape index (κ3) is 4.00. The van der Waals surface area contributed by atoms with E-state index in [2.05, 4.69) is 10.3 Å². The van der Waals surface area contributed by atoms with E-state index in [9.17, 15) is 4.79 Å². The van der Waals surface area contributed by atoms with Crippen LogP contribution in [0.3, 0.4) is 0 Å². The van der Waals surface area contributed by atoms with Crippen LogP contribution < -0.4 is 10.9 Å². The molecule has 1 amide bonds. The Balaban J connectivity index is 1.80. The number of hydrogen-bond donors (Lipinski definition) is 1. The number of carbonyl (C=O) groups is 1. The van der Waals surface area contributed by atoms with Crippen LogP contribution in [0.4, 0.5) is 5.69 Å². The molecule has 28 heavy (non-hydrogen) atoms. The van der Waals surface area contributed by atoms with Crippen molar-refractivity contribution in [3.8, 4) is 0 Å². The van der Waals surface area contributed by atoms with Crippen molar-refractivity contribution in [2.45, 2.75) is 13.5 Å². The molecule has 0 unspecified atom stereocenters. The summed E-state index contributed by atoms with van der Waals surface area (Å²) in [6, 6.07) is 18.2. The van der Waals surface area contributed by atoms with Crippen molar-refractivity contribution in [1.82, 2.24) is 5.32 Å². The molecule has 2 heterocycles. The third-order valence-corrected chi connectivity index (χ3v) is 4.42. The topological polar surface area (TPSA) is 67.7 Å². The number of furan rings is 1. The smallest absolute Gasteiger partial charge is 0.257 e. The molecule has 6 heteroatoms. The van der Waals surface area contributed by atoms with Crippen molar-refractivity contribution in [3.63, 3.8) is 0 Å². The highest BCUT2D eigenvalue weighted by Gasteiger charge is 2.13. The van der Waals surface area contributed by atoms with E-state index in [-0.39, 0.29) is 18.0 Å². The zero-order chi connectivity index (χ0) is 19.5. The SMILES string of the molecule is Cc1cccc(N=c2oc3ccc(Cl)cc3cc2C(=O)NCc2ccco2)c1. The van der Waals surface area contributed by atoms with Crippen molar-refractivity contribution < 1.29 is 13.6 Å². The fourth-order valence-electron chi connectivity index (χ4n) is 2.84. The van der Waals surface area contributed by atoms with Crippen LogP contribution >= 0.6 is 11.6 Å². The molecular formula is C22H17ClN2O3. The number of benzene rings is 2. The fraction of sp³-hybridized carbons (Fsp3) is 0.0909. The standard InChI is InChI=1S/C22H17ClN2O3/c1-14-4-2-5-17(10-14)25-22-19(21(26)24-13-18-6-3-9-27-18)12-15-11-16(23)7-8-20(15)28-22/h2-12H,13H2,1H3,(H,24,26). The average molecular weight is 393 g/mol. The third-order valence-electron chi connectivity index (χ3n) is 4.19. The van der Waals surface area contributed by atoms with Gasteiger partial charge in [0.25, 0.3) is 5.91 Å². The van der Waals surface area contributed by atoms with Gasteiger partial charge in [-0.15, -0.1) is 0 Å². The summed E-state index contributed by atoms with van der Waals surface area (Å²) < 4.78 is 11.2. The quantitative estimate of drug-likeness (QED) is 0.522. The van der Waals surface area contributed by atoms with Crippen molar-refractivity contribution in [2.75, 3.05) is 0 Å². The van der Waals surface area contributed by atoms with Crippen LogP contribution in [0.1, 0.15) is 21.7 Å². The predicted octanol–water partition coefficient (Wildman–Crippen LogP) is 5.15. The van der Waals surface area contributed by atoms with Gasteiger partial charge in [0.2, 0.25) is 5.55 Å². The van der Waals surface area contributed by atoms with E-state index in [1.165, 1.54) is 0 Å². The molecule has 4 rings (SSSR count). The minimum absolute atomic E-state index is 0.234. The molecule has 0 atom stereocenters. The van der Waals surface area contributed by atoms with Crippen LogP contribution in [0.5, 0.6) is 0 Å². The van der Waals surface area contributed by atoms with Gasteiger partial charge in [-0.3, -0.25) is 4.79 Å². The first-order valence-electron chi connectivity index (χ1n) is 8.74. The summed E-state index contributed by atoms with van der Waals surface area (Å²) in [5, 5.41) is 4.12. The average Bonchev–Trinajstić information content (AvgIpc) is 3.19. The van der Waals surface area contributed by atoms with Gasteiger partial charge in [0, 0.05) is 10.4 Å². The van der Waals surface area contributed by atoms with Gasteiger partial charge < -0.3 is 14.2 Å². The lowest BCUT2D eigenvalue weighted by Gasteiger charge is -2.06. The lowest BCUT2D eigenvalue weighted by molar-refractivity contribution is 0.0944. The summed E-state index contributed by atoms with van der Waals surface area (Å²) in [5.74, 6) is 0.347. The fourth-order valence-corrected chi connectivity index (χ4v) is 3.02. The molecule has 2 aromatic carbocycles. The van der Waals surface area contributed by atoms with Gasteiger partial charge in [-0.1, -0.05) is 23.7 Å². The molecule has 1 N–H and O–H groups in total. The Labute approximate surface area is 166 Å². The van der Waals surface area contributed by atoms with Gasteiger partial charge in [-0.25, -0.2) is 4.99 Å². The van der Waals surface area contributed by atoms with Crippen LogP contribution in [0.15, 0.2) is 80.8 Å². The van der Waals surface area contributed by atoms with Gasteiger partial charge >= 0.3 is 0 Å². The van der Waals surface area contributed by atoms with Crippen molar-refractivity contribution >= 4 is 34.2 Å². The normalized spacial score (nSPS) is 11.7. The number of carbonyl (C=O) groups excluding carboxylic acids is 1. The highest BCUT2D eigenvalue weighted by molar-refractivity contribution is 6.31. The highest BCUT2D eigenvalue weighted by atomic mass is 35.5. The number of fused-ring (bicyclic) bond motifs is 1. The number of rotatable bonds is 4. The lowest BCUT2D eigenvalue weighted by atomic mass is 10.1. The van der Waals surface area contributed by atoms with E-state index in [0.29, 0.717) is 27.6 Å². The second-order valence-electron chi connectivity index (χ2n) is 6.36. The Morgan fingerprint density at radius 1 is 1.11 bits per heavy atom. The van der Waals surface area contributed by atoms with Gasteiger partial charge in [0.1, 0.15) is 16.9 Å². The summed E-state index contributed by atoms with van der Waals surface area (Å²) in [7, 11) is 0. The van der Waals surface area contributed by atoms with Gasteiger partial charge in [0.05, 0.1) is 18.5 Å². The Hall–Kier alpha value is -3.31. The zero-order valence-electron chi connectivity index (χ0n) is 15.1. The van der Waals surface area contributed by atoms with Gasteiger partial charge in [-0.05, 0) is 61.0 Å². The second kappa shape index (κ2) is 7.74. The molecule has 0 aliphatic carbocycles. The maximum Gasteiger partial charge on any atom is 0.257 e. The first-order valence-corrected chi connectivity index (χ1v) is 9.12. The van der Waals surface area contributed by atoms with E-state index in [0.717, 1.165) is 10.9 Å². The minimum Gasteiger partial charge on any atom is -0.467 e. The molecule has 0 bridgehead atoms. The summed E-state index contributed by atoms with van der Waals surface area (Å²) in [5.41, 5.74) is 2.92. The Morgan fingerprint density at radius 2 is 2.00 bits per heavy atom. The molecule has 140 valence electrons. The molecule has 0 saturated heterocycles. The number of halogens is 1. The minimum atomic E-state index is -0.312. The molecule has 0 radical (unpaired) electrons. The summed E-state index contributed by atoms with van der Waals surface area (Å²) >= 11 is 6.09. The number of aryl methyl sites for hydroxylation is 1. The molecule has 4 aromatic rings.